The molecule has 0 saturated heterocycles. The third-order valence-electron chi connectivity index (χ3n) is 2.18. The highest BCUT2D eigenvalue weighted by Crippen LogP contribution is 2.03. The lowest BCUT2D eigenvalue weighted by atomic mass is 10.0. The number of hydrogen-bond acceptors (Lipinski definition) is 3. The van der Waals surface area contributed by atoms with Crippen LogP contribution in [0.2, 0.25) is 0 Å². The molecule has 1 heterocycles. The number of nitrogens with zero attached hydrogens (tertiary/aromatic N) is 1. The van der Waals surface area contributed by atoms with Crippen LogP contribution in [0.25, 0.3) is 0 Å². The van der Waals surface area contributed by atoms with Crippen LogP contribution in [0, 0.1) is 5.92 Å². The van der Waals surface area contributed by atoms with Crippen molar-refractivity contribution in [1.82, 2.24) is 10.3 Å². The maximum atomic E-state index is 11.7. The fraction of sp³-hybridized carbons (Fsp3) is 0.364. The van der Waals surface area contributed by atoms with E-state index >= 15 is 0 Å². The smallest absolute Gasteiger partial charge is 0.253 e. The Morgan fingerprint density at radius 3 is 2.56 bits per heavy atom. The molecule has 0 unspecified atom stereocenters. The van der Waals surface area contributed by atoms with Crippen LogP contribution in [-0.2, 0) is 4.79 Å². The molecule has 3 N–H and O–H groups in total. The number of amides is 2. The van der Waals surface area contributed by atoms with Gasteiger partial charge in [-0.15, -0.1) is 0 Å². The van der Waals surface area contributed by atoms with Crippen LogP contribution in [-0.4, -0.2) is 22.8 Å². The van der Waals surface area contributed by atoms with Crippen LogP contribution in [0.5, 0.6) is 0 Å². The molecule has 1 rings (SSSR count). The van der Waals surface area contributed by atoms with E-state index in [1.54, 1.807) is 18.3 Å². The van der Waals surface area contributed by atoms with E-state index in [2.05, 4.69) is 10.3 Å². The van der Waals surface area contributed by atoms with Gasteiger partial charge in [0.15, 0.2) is 0 Å². The van der Waals surface area contributed by atoms with E-state index in [9.17, 15) is 9.59 Å². The molecule has 0 aliphatic heterocycles. The van der Waals surface area contributed by atoms with Gasteiger partial charge in [-0.3, -0.25) is 14.6 Å². The van der Waals surface area contributed by atoms with E-state index in [4.69, 9.17) is 5.73 Å². The van der Waals surface area contributed by atoms with Crippen molar-refractivity contribution >= 4 is 11.8 Å². The summed E-state index contributed by atoms with van der Waals surface area (Å²) in [5.41, 5.74) is 5.61. The van der Waals surface area contributed by atoms with Crippen molar-refractivity contribution in [3.63, 3.8) is 0 Å². The molecule has 86 valence electrons. The SMILES string of the molecule is CC(C)[C@@H](NC(=O)c1cccnc1)C(N)=O. The molecule has 0 radical (unpaired) electrons. The Balaban J connectivity index is 2.74. The quantitative estimate of drug-likeness (QED) is 0.767. The first-order valence-electron chi connectivity index (χ1n) is 5.02. The van der Waals surface area contributed by atoms with E-state index in [0.29, 0.717) is 5.56 Å². The van der Waals surface area contributed by atoms with Gasteiger partial charge in [-0.25, -0.2) is 0 Å². The zero-order valence-corrected chi connectivity index (χ0v) is 9.31. The van der Waals surface area contributed by atoms with Gasteiger partial charge in [-0.2, -0.15) is 0 Å². The Labute approximate surface area is 94.1 Å². The van der Waals surface area contributed by atoms with Crippen LogP contribution in [0.3, 0.4) is 0 Å². The highest BCUT2D eigenvalue weighted by atomic mass is 16.2. The fourth-order valence-corrected chi connectivity index (χ4v) is 1.29. The molecule has 0 spiro atoms. The number of nitrogens with one attached hydrogen (secondary N) is 1. The van der Waals surface area contributed by atoms with Gasteiger partial charge in [0.2, 0.25) is 5.91 Å². The molecule has 0 aliphatic rings. The highest BCUT2D eigenvalue weighted by molar-refractivity contribution is 5.97. The van der Waals surface area contributed by atoms with Crippen molar-refractivity contribution in [1.29, 1.82) is 0 Å². The van der Waals surface area contributed by atoms with Gasteiger partial charge in [0.25, 0.3) is 5.91 Å². The molecule has 1 atom stereocenters. The second kappa shape index (κ2) is 5.25. The molecule has 16 heavy (non-hydrogen) atoms. The van der Waals surface area contributed by atoms with Crippen LogP contribution >= 0.6 is 0 Å². The molecule has 0 fully saturated rings. The third kappa shape index (κ3) is 3.05. The van der Waals surface area contributed by atoms with E-state index < -0.39 is 11.9 Å². The summed E-state index contributed by atoms with van der Waals surface area (Å²) < 4.78 is 0. The lowest BCUT2D eigenvalue weighted by Crippen LogP contribution is -2.47. The van der Waals surface area contributed by atoms with Crippen molar-refractivity contribution in [3.05, 3.63) is 30.1 Å². The van der Waals surface area contributed by atoms with E-state index in [-0.39, 0.29) is 11.8 Å². The summed E-state index contributed by atoms with van der Waals surface area (Å²) in [5.74, 6) is -0.920. The first-order chi connectivity index (χ1) is 7.52. The van der Waals surface area contributed by atoms with Crippen molar-refractivity contribution in [2.75, 3.05) is 0 Å². The topological polar surface area (TPSA) is 85.1 Å². The lowest BCUT2D eigenvalue weighted by Gasteiger charge is -2.18. The lowest BCUT2D eigenvalue weighted by molar-refractivity contribution is -0.120. The molecule has 5 nitrogen and oxygen atoms in total. The number of rotatable bonds is 4. The van der Waals surface area contributed by atoms with Crippen LogP contribution in [0.15, 0.2) is 24.5 Å². The average molecular weight is 221 g/mol. The number of carbonyl (C=O) groups is 2. The summed E-state index contributed by atoms with van der Waals surface area (Å²) >= 11 is 0. The van der Waals surface area contributed by atoms with Crippen LogP contribution in [0.1, 0.15) is 24.2 Å². The molecule has 0 bridgehead atoms. The first-order valence-corrected chi connectivity index (χ1v) is 5.02. The molecule has 1 aromatic heterocycles. The number of aromatic nitrogens is 1. The molecule has 0 saturated carbocycles. The number of pyridine rings is 1. The van der Waals surface area contributed by atoms with Gasteiger partial charge in [0, 0.05) is 12.4 Å². The van der Waals surface area contributed by atoms with Crippen molar-refractivity contribution in [2.24, 2.45) is 11.7 Å². The molecule has 5 heteroatoms. The Morgan fingerprint density at radius 2 is 2.12 bits per heavy atom. The minimum Gasteiger partial charge on any atom is -0.368 e. The normalized spacial score (nSPS) is 12.2. The van der Waals surface area contributed by atoms with Crippen LogP contribution in [0.4, 0.5) is 0 Å². The minimum absolute atomic E-state index is 0.0434. The molecule has 0 aliphatic carbocycles. The van der Waals surface area contributed by atoms with Gasteiger partial charge < -0.3 is 11.1 Å². The predicted molar refractivity (Wildman–Crippen MR) is 59.5 cm³/mol. The second-order valence-electron chi connectivity index (χ2n) is 3.84. The highest BCUT2D eigenvalue weighted by Gasteiger charge is 2.21. The molecule has 2 amide bonds. The van der Waals surface area contributed by atoms with Gasteiger partial charge in [0.1, 0.15) is 6.04 Å². The number of carbonyl (C=O) groups excluding carboxylic acids is 2. The van der Waals surface area contributed by atoms with Gasteiger partial charge in [0.05, 0.1) is 5.56 Å². The van der Waals surface area contributed by atoms with E-state index in [1.165, 1.54) is 6.20 Å². The summed E-state index contributed by atoms with van der Waals surface area (Å²) in [4.78, 5) is 26.6. The van der Waals surface area contributed by atoms with Crippen molar-refractivity contribution in [3.8, 4) is 0 Å². The average Bonchev–Trinajstić information content (AvgIpc) is 2.25. The number of hydrogen-bond donors (Lipinski definition) is 2. The molecule has 0 aromatic carbocycles. The summed E-state index contributed by atoms with van der Waals surface area (Å²) in [6.45, 7) is 3.64. The Hall–Kier alpha value is -1.91. The summed E-state index contributed by atoms with van der Waals surface area (Å²) in [6, 6.07) is 2.62. The monoisotopic (exact) mass is 221 g/mol. The maximum absolute atomic E-state index is 11.7. The van der Waals surface area contributed by atoms with Gasteiger partial charge in [-0.1, -0.05) is 13.8 Å². The molecule has 1 aromatic rings. The standard InChI is InChI=1S/C11H15N3O2/c1-7(2)9(10(12)15)14-11(16)8-4-3-5-13-6-8/h3-7,9H,1-2H3,(H2,12,15)(H,14,16)/t9-/m1/s1. The molecular formula is C11H15N3O2. The third-order valence-corrected chi connectivity index (χ3v) is 2.18. The van der Waals surface area contributed by atoms with E-state index in [1.807, 2.05) is 13.8 Å². The van der Waals surface area contributed by atoms with Crippen LogP contribution < -0.4 is 11.1 Å². The summed E-state index contributed by atoms with van der Waals surface area (Å²) in [6.07, 6.45) is 3.01. The zero-order chi connectivity index (χ0) is 12.1. The Kier molecular flexibility index (Phi) is 3.99. The van der Waals surface area contributed by atoms with E-state index in [0.717, 1.165) is 0 Å². The fourth-order valence-electron chi connectivity index (χ4n) is 1.29. The Morgan fingerprint density at radius 1 is 1.44 bits per heavy atom. The number of nitrogens with two attached hydrogens (primary N) is 1. The number of primary amides is 1. The van der Waals surface area contributed by atoms with Crippen molar-refractivity contribution in [2.45, 2.75) is 19.9 Å². The second-order valence-corrected chi connectivity index (χ2v) is 3.84. The maximum Gasteiger partial charge on any atom is 0.253 e. The van der Waals surface area contributed by atoms with Gasteiger partial charge in [-0.05, 0) is 18.1 Å². The molecular weight excluding hydrogens is 206 g/mol. The first kappa shape index (κ1) is 12.2. The van der Waals surface area contributed by atoms with Gasteiger partial charge >= 0.3 is 0 Å². The van der Waals surface area contributed by atoms with Crippen molar-refractivity contribution < 1.29 is 9.59 Å². The largest absolute Gasteiger partial charge is 0.368 e. The minimum atomic E-state index is -0.660. The zero-order valence-electron chi connectivity index (χ0n) is 9.31. The predicted octanol–water partition coefficient (Wildman–Crippen LogP) is 0.321. The summed E-state index contributed by atoms with van der Waals surface area (Å²) in [7, 11) is 0. The summed E-state index contributed by atoms with van der Waals surface area (Å²) in [5, 5.41) is 2.58. The Bertz CT molecular complexity index is 376.